The molecule has 1 aromatic rings. The van der Waals surface area contributed by atoms with Crippen molar-refractivity contribution in [1.82, 2.24) is 14.8 Å². The molecule has 1 rings (SSSR count). The molecule has 3 N–H and O–H groups in total. The molecule has 0 aromatic carbocycles. The van der Waals surface area contributed by atoms with Gasteiger partial charge in [0.15, 0.2) is 0 Å². The second kappa shape index (κ2) is 5.72. The largest absolute Gasteiger partial charge is 0.480 e. The molecular weight excluding hydrogens is 216 g/mol. The summed E-state index contributed by atoms with van der Waals surface area (Å²) in [4.78, 5) is 14.5. The van der Waals surface area contributed by atoms with Gasteiger partial charge in [-0.1, -0.05) is 0 Å². The van der Waals surface area contributed by atoms with Gasteiger partial charge in [-0.3, -0.25) is 4.79 Å². The monoisotopic (exact) mass is 230 g/mol. The zero-order chi connectivity index (χ0) is 11.3. The molecule has 0 aliphatic rings. The highest BCUT2D eigenvalue weighted by Gasteiger charge is 2.11. The van der Waals surface area contributed by atoms with E-state index in [-0.39, 0.29) is 0 Å². The van der Waals surface area contributed by atoms with E-state index >= 15 is 0 Å². The van der Waals surface area contributed by atoms with E-state index in [4.69, 9.17) is 10.8 Å². The third-order valence-corrected chi connectivity index (χ3v) is 2.90. The van der Waals surface area contributed by atoms with E-state index in [0.717, 1.165) is 12.4 Å². The van der Waals surface area contributed by atoms with Crippen LogP contribution in [0.1, 0.15) is 12.7 Å². The van der Waals surface area contributed by atoms with Gasteiger partial charge in [0.1, 0.15) is 18.2 Å². The van der Waals surface area contributed by atoms with Gasteiger partial charge in [0.25, 0.3) is 0 Å². The topological polar surface area (TPSA) is 94.0 Å². The van der Waals surface area contributed by atoms with E-state index in [9.17, 15) is 4.79 Å². The molecule has 6 nitrogen and oxygen atoms in total. The Balaban J connectivity index is 2.34. The summed E-state index contributed by atoms with van der Waals surface area (Å²) in [7, 11) is 0. The lowest BCUT2D eigenvalue weighted by atomic mass is 10.4. The fraction of sp³-hybridized carbons (Fsp3) is 0.625. The van der Waals surface area contributed by atoms with Crippen LogP contribution in [-0.4, -0.2) is 37.6 Å². The molecule has 1 aromatic heterocycles. The summed E-state index contributed by atoms with van der Waals surface area (Å²) in [5, 5.41) is 12.6. The maximum absolute atomic E-state index is 10.4. The van der Waals surface area contributed by atoms with Gasteiger partial charge in [-0.2, -0.15) is 16.9 Å². The zero-order valence-corrected chi connectivity index (χ0v) is 9.28. The summed E-state index contributed by atoms with van der Waals surface area (Å²) in [5.74, 6) is 0.889. The van der Waals surface area contributed by atoms with Crippen molar-refractivity contribution in [3.8, 4) is 0 Å². The van der Waals surface area contributed by atoms with Gasteiger partial charge in [-0.05, 0) is 6.92 Å². The number of carboxylic acids is 1. The fourth-order valence-electron chi connectivity index (χ4n) is 1.01. The molecule has 0 aliphatic carbocycles. The third-order valence-electron chi connectivity index (χ3n) is 1.84. The molecule has 0 saturated heterocycles. The van der Waals surface area contributed by atoms with Crippen LogP contribution in [0.2, 0.25) is 0 Å². The van der Waals surface area contributed by atoms with Crippen LogP contribution in [0, 0.1) is 0 Å². The van der Waals surface area contributed by atoms with Crippen LogP contribution in [0.25, 0.3) is 0 Å². The fourth-order valence-corrected chi connectivity index (χ4v) is 1.93. The van der Waals surface area contributed by atoms with Gasteiger partial charge in [-0.25, -0.2) is 9.67 Å². The first kappa shape index (κ1) is 12.0. The van der Waals surface area contributed by atoms with E-state index in [2.05, 4.69) is 10.1 Å². The molecular formula is C8H14N4O2S. The second-order valence-electron chi connectivity index (χ2n) is 2.95. The average molecular weight is 230 g/mol. The highest BCUT2D eigenvalue weighted by Crippen LogP contribution is 2.10. The van der Waals surface area contributed by atoms with Gasteiger partial charge in [0.05, 0.1) is 5.75 Å². The van der Waals surface area contributed by atoms with Crippen LogP contribution < -0.4 is 5.73 Å². The standard InChI is InChI=1S/C8H14N4O2S/c1-2-12-7(10-5-11-12)4-15-3-6(9)8(13)14/h5-6H,2-4,9H2,1H3,(H,13,14)/t6-/m0/s1. The predicted octanol–water partition coefficient (Wildman–Crippen LogP) is -0.0569. The number of thioether (sulfide) groups is 1. The normalized spacial score (nSPS) is 12.7. The van der Waals surface area contributed by atoms with E-state index in [1.54, 1.807) is 4.68 Å². The Labute approximate surface area is 91.9 Å². The molecule has 84 valence electrons. The highest BCUT2D eigenvalue weighted by molar-refractivity contribution is 7.98. The summed E-state index contributed by atoms with van der Waals surface area (Å²) < 4.78 is 1.78. The Bertz CT molecular complexity index is 328. The van der Waals surface area contributed by atoms with E-state index in [1.165, 1.54) is 18.1 Å². The molecule has 15 heavy (non-hydrogen) atoms. The van der Waals surface area contributed by atoms with Crippen LogP contribution >= 0.6 is 11.8 Å². The number of hydrogen-bond donors (Lipinski definition) is 2. The number of hydrogen-bond acceptors (Lipinski definition) is 5. The lowest BCUT2D eigenvalue weighted by molar-refractivity contribution is -0.137. The molecule has 0 saturated carbocycles. The highest BCUT2D eigenvalue weighted by atomic mass is 32.2. The van der Waals surface area contributed by atoms with Crippen LogP contribution in [0.4, 0.5) is 0 Å². The van der Waals surface area contributed by atoms with Crippen molar-refractivity contribution in [3.05, 3.63) is 12.2 Å². The zero-order valence-electron chi connectivity index (χ0n) is 8.46. The molecule has 0 radical (unpaired) electrons. The number of carboxylic acid groups (broad SMARTS) is 1. The van der Waals surface area contributed by atoms with Gasteiger partial charge in [0.2, 0.25) is 0 Å². The SMILES string of the molecule is CCn1ncnc1CSC[C@H](N)C(=O)O. The minimum Gasteiger partial charge on any atom is -0.480 e. The van der Waals surface area contributed by atoms with Crippen molar-refractivity contribution >= 4 is 17.7 Å². The number of aryl methyl sites for hydroxylation is 1. The van der Waals surface area contributed by atoms with E-state index in [1.807, 2.05) is 6.92 Å². The Kier molecular flexibility index (Phi) is 4.57. The summed E-state index contributed by atoms with van der Waals surface area (Å²) in [6.45, 7) is 2.74. The Morgan fingerprint density at radius 1 is 1.80 bits per heavy atom. The van der Waals surface area contributed by atoms with Crippen LogP contribution in [-0.2, 0) is 17.1 Å². The quantitative estimate of drug-likeness (QED) is 0.711. The molecule has 0 aliphatic heterocycles. The Hall–Kier alpha value is -1.08. The van der Waals surface area contributed by atoms with Gasteiger partial charge in [0, 0.05) is 12.3 Å². The van der Waals surface area contributed by atoms with Crippen LogP contribution in [0.15, 0.2) is 6.33 Å². The number of nitrogens with zero attached hydrogens (tertiary/aromatic N) is 3. The molecule has 1 atom stereocenters. The summed E-state index contributed by atoms with van der Waals surface area (Å²) in [6.07, 6.45) is 1.50. The maximum Gasteiger partial charge on any atom is 0.321 e. The number of aromatic nitrogens is 3. The van der Waals surface area contributed by atoms with Crippen molar-refractivity contribution in [2.24, 2.45) is 5.73 Å². The van der Waals surface area contributed by atoms with Gasteiger partial charge >= 0.3 is 5.97 Å². The first-order valence-corrected chi connectivity index (χ1v) is 5.73. The molecule has 0 spiro atoms. The average Bonchev–Trinajstić information content (AvgIpc) is 2.65. The van der Waals surface area contributed by atoms with Gasteiger partial charge < -0.3 is 10.8 Å². The summed E-state index contributed by atoms with van der Waals surface area (Å²) in [6, 6.07) is -0.812. The molecule has 0 amide bonds. The molecule has 7 heteroatoms. The molecule has 0 unspecified atom stereocenters. The number of nitrogens with two attached hydrogens (primary N) is 1. The minimum atomic E-state index is -0.973. The molecule has 0 fully saturated rings. The lowest BCUT2D eigenvalue weighted by Crippen LogP contribution is -2.32. The van der Waals surface area contributed by atoms with Crippen molar-refractivity contribution in [2.75, 3.05) is 5.75 Å². The molecule has 1 heterocycles. The van der Waals surface area contributed by atoms with Crippen LogP contribution in [0.5, 0.6) is 0 Å². The number of aliphatic carboxylic acids is 1. The summed E-state index contributed by atoms with van der Waals surface area (Å²) >= 11 is 1.45. The van der Waals surface area contributed by atoms with E-state index < -0.39 is 12.0 Å². The van der Waals surface area contributed by atoms with Gasteiger partial charge in [-0.15, -0.1) is 0 Å². The predicted molar refractivity (Wildman–Crippen MR) is 57.5 cm³/mol. The third kappa shape index (κ3) is 3.52. The van der Waals surface area contributed by atoms with E-state index in [0.29, 0.717) is 11.5 Å². The first-order chi connectivity index (χ1) is 7.15. The van der Waals surface area contributed by atoms with Crippen molar-refractivity contribution in [3.63, 3.8) is 0 Å². The Morgan fingerprint density at radius 3 is 3.13 bits per heavy atom. The first-order valence-electron chi connectivity index (χ1n) is 4.58. The maximum atomic E-state index is 10.4. The Morgan fingerprint density at radius 2 is 2.53 bits per heavy atom. The summed E-state index contributed by atoms with van der Waals surface area (Å²) in [5.41, 5.74) is 5.36. The number of rotatable bonds is 6. The molecule has 0 bridgehead atoms. The van der Waals surface area contributed by atoms with Crippen molar-refractivity contribution < 1.29 is 9.90 Å². The van der Waals surface area contributed by atoms with Crippen LogP contribution in [0.3, 0.4) is 0 Å². The minimum absolute atomic E-state index is 0.381. The number of carbonyl (C=O) groups is 1. The van der Waals surface area contributed by atoms with Crippen molar-refractivity contribution in [1.29, 1.82) is 0 Å². The smallest absolute Gasteiger partial charge is 0.321 e. The van der Waals surface area contributed by atoms with Crippen molar-refractivity contribution in [2.45, 2.75) is 25.3 Å². The second-order valence-corrected chi connectivity index (χ2v) is 3.98. The lowest BCUT2D eigenvalue weighted by Gasteiger charge is -2.05.